The molecule has 1 aromatic rings. The van der Waals surface area contributed by atoms with Crippen molar-refractivity contribution < 1.29 is 5.11 Å². The van der Waals surface area contributed by atoms with Crippen LogP contribution in [0.15, 0.2) is 22.7 Å². The summed E-state index contributed by atoms with van der Waals surface area (Å²) in [6, 6.07) is 6.10. The second-order valence-electron chi connectivity index (χ2n) is 4.05. The maximum atomic E-state index is 8.91. The number of rotatable bonds is 4. The Morgan fingerprint density at radius 2 is 2.00 bits per heavy atom. The largest absolute Gasteiger partial charge is 0.396 e. The Bertz CT molecular complexity index is 325. The first-order valence-corrected chi connectivity index (χ1v) is 6.01. The topological polar surface area (TPSA) is 46.2 Å². The van der Waals surface area contributed by atoms with Gasteiger partial charge in [0.25, 0.3) is 0 Å². The summed E-state index contributed by atoms with van der Waals surface area (Å²) in [4.78, 5) is 0. The Labute approximate surface area is 99.6 Å². The zero-order valence-corrected chi connectivity index (χ0v) is 10.8. The third-order valence-corrected chi connectivity index (χ3v) is 3.00. The molecule has 0 bridgehead atoms. The Balaban J connectivity index is 3.06. The molecule has 1 aromatic carbocycles. The number of aliphatic hydroxyl groups is 1. The first-order chi connectivity index (χ1) is 7.06. The molecule has 0 aliphatic heterocycles. The molecule has 1 atom stereocenters. The molecule has 0 aliphatic carbocycles. The fourth-order valence-corrected chi connectivity index (χ4v) is 2.07. The van der Waals surface area contributed by atoms with E-state index in [0.29, 0.717) is 12.3 Å². The molecule has 0 radical (unpaired) electrons. The summed E-state index contributed by atoms with van der Waals surface area (Å²) in [6.07, 6.45) is 0.607. The minimum atomic E-state index is -0.0788. The molecule has 3 N–H and O–H groups in total. The van der Waals surface area contributed by atoms with Crippen LogP contribution in [-0.4, -0.2) is 11.7 Å². The maximum absolute atomic E-state index is 8.91. The summed E-state index contributed by atoms with van der Waals surface area (Å²) < 4.78 is 1.04. The normalized spacial score (nSPS) is 13.2. The number of hydrogen-bond donors (Lipinski definition) is 2. The van der Waals surface area contributed by atoms with Crippen LogP contribution < -0.4 is 5.73 Å². The average Bonchev–Trinajstić information content (AvgIpc) is 2.17. The summed E-state index contributed by atoms with van der Waals surface area (Å²) in [7, 11) is 0. The standard InChI is InChI=1S/C12H18BrNO/c1-8(2)10-4-3-9(13)7-11(10)12(14)5-6-15/h3-4,7-8,12,15H,5-6,14H2,1-2H3. The van der Waals surface area contributed by atoms with Crippen LogP contribution in [0.25, 0.3) is 0 Å². The molecule has 84 valence electrons. The van der Waals surface area contributed by atoms with Crippen molar-refractivity contribution in [1.82, 2.24) is 0 Å². The molecule has 1 rings (SSSR count). The number of nitrogens with two attached hydrogens (primary N) is 1. The van der Waals surface area contributed by atoms with Gasteiger partial charge >= 0.3 is 0 Å². The highest BCUT2D eigenvalue weighted by molar-refractivity contribution is 9.10. The molecule has 0 amide bonds. The van der Waals surface area contributed by atoms with E-state index < -0.39 is 0 Å². The van der Waals surface area contributed by atoms with Gasteiger partial charge in [-0.25, -0.2) is 0 Å². The van der Waals surface area contributed by atoms with Gasteiger partial charge in [-0.05, 0) is 35.6 Å². The van der Waals surface area contributed by atoms with Gasteiger partial charge in [0.2, 0.25) is 0 Å². The number of aliphatic hydroxyl groups excluding tert-OH is 1. The molecule has 0 aromatic heterocycles. The van der Waals surface area contributed by atoms with Gasteiger partial charge in [-0.1, -0.05) is 35.8 Å². The van der Waals surface area contributed by atoms with E-state index in [1.807, 2.05) is 6.07 Å². The van der Waals surface area contributed by atoms with E-state index in [-0.39, 0.29) is 12.6 Å². The molecule has 15 heavy (non-hydrogen) atoms. The van der Waals surface area contributed by atoms with Crippen molar-refractivity contribution in [3.05, 3.63) is 33.8 Å². The Morgan fingerprint density at radius 3 is 2.53 bits per heavy atom. The molecule has 1 unspecified atom stereocenters. The summed E-state index contributed by atoms with van der Waals surface area (Å²) in [5, 5.41) is 8.91. The Kier molecular flexibility index (Phi) is 4.77. The van der Waals surface area contributed by atoms with Gasteiger partial charge in [0.1, 0.15) is 0 Å². The fourth-order valence-electron chi connectivity index (χ4n) is 1.69. The minimum absolute atomic E-state index is 0.0788. The molecular formula is C12H18BrNO. The highest BCUT2D eigenvalue weighted by atomic mass is 79.9. The van der Waals surface area contributed by atoms with Crippen molar-refractivity contribution in [3.63, 3.8) is 0 Å². The molecule has 0 saturated heterocycles. The predicted octanol–water partition coefficient (Wildman–Crippen LogP) is 2.95. The molecule has 0 heterocycles. The molecule has 0 saturated carbocycles. The van der Waals surface area contributed by atoms with Gasteiger partial charge in [-0.15, -0.1) is 0 Å². The number of hydrogen-bond acceptors (Lipinski definition) is 2. The van der Waals surface area contributed by atoms with Crippen molar-refractivity contribution in [2.24, 2.45) is 5.73 Å². The quantitative estimate of drug-likeness (QED) is 0.885. The summed E-state index contributed by atoms with van der Waals surface area (Å²) in [5.41, 5.74) is 8.43. The molecule has 2 nitrogen and oxygen atoms in total. The fraction of sp³-hybridized carbons (Fsp3) is 0.500. The van der Waals surface area contributed by atoms with Gasteiger partial charge in [-0.2, -0.15) is 0 Å². The third kappa shape index (κ3) is 3.30. The van der Waals surface area contributed by atoms with Gasteiger partial charge in [0.15, 0.2) is 0 Å². The second kappa shape index (κ2) is 5.64. The van der Waals surface area contributed by atoms with Crippen LogP contribution in [0, 0.1) is 0 Å². The number of halogens is 1. The van der Waals surface area contributed by atoms with E-state index in [1.165, 1.54) is 5.56 Å². The monoisotopic (exact) mass is 271 g/mol. The van der Waals surface area contributed by atoms with Gasteiger partial charge < -0.3 is 10.8 Å². The van der Waals surface area contributed by atoms with Crippen molar-refractivity contribution >= 4 is 15.9 Å². The summed E-state index contributed by atoms with van der Waals surface area (Å²) in [5.74, 6) is 0.456. The summed E-state index contributed by atoms with van der Waals surface area (Å²) in [6.45, 7) is 4.43. The Morgan fingerprint density at radius 1 is 1.33 bits per heavy atom. The van der Waals surface area contributed by atoms with Crippen molar-refractivity contribution in [3.8, 4) is 0 Å². The number of benzene rings is 1. The van der Waals surface area contributed by atoms with Crippen molar-refractivity contribution in [2.45, 2.75) is 32.2 Å². The van der Waals surface area contributed by atoms with E-state index in [1.54, 1.807) is 0 Å². The summed E-state index contributed by atoms with van der Waals surface area (Å²) >= 11 is 3.45. The molecule has 0 spiro atoms. The van der Waals surface area contributed by atoms with Crippen LogP contribution in [-0.2, 0) is 0 Å². The van der Waals surface area contributed by atoms with E-state index in [4.69, 9.17) is 10.8 Å². The van der Waals surface area contributed by atoms with E-state index in [9.17, 15) is 0 Å². The Hall–Kier alpha value is -0.380. The van der Waals surface area contributed by atoms with Gasteiger partial charge in [0.05, 0.1) is 0 Å². The molecule has 3 heteroatoms. The van der Waals surface area contributed by atoms with Crippen LogP contribution in [0.4, 0.5) is 0 Å². The lowest BCUT2D eigenvalue weighted by Gasteiger charge is -2.18. The van der Waals surface area contributed by atoms with E-state index >= 15 is 0 Å². The first-order valence-electron chi connectivity index (χ1n) is 5.22. The molecule has 0 aliphatic rings. The van der Waals surface area contributed by atoms with E-state index in [2.05, 4.69) is 41.9 Å². The SMILES string of the molecule is CC(C)c1ccc(Br)cc1C(N)CCO. The zero-order valence-electron chi connectivity index (χ0n) is 9.20. The smallest absolute Gasteiger partial charge is 0.0449 e. The van der Waals surface area contributed by atoms with Crippen LogP contribution in [0.1, 0.15) is 43.4 Å². The molecule has 0 fully saturated rings. The highest BCUT2D eigenvalue weighted by Gasteiger charge is 2.13. The van der Waals surface area contributed by atoms with Crippen LogP contribution in [0.2, 0.25) is 0 Å². The van der Waals surface area contributed by atoms with Gasteiger partial charge in [0, 0.05) is 17.1 Å². The molecular weight excluding hydrogens is 254 g/mol. The van der Waals surface area contributed by atoms with Crippen molar-refractivity contribution in [1.29, 1.82) is 0 Å². The van der Waals surface area contributed by atoms with Crippen molar-refractivity contribution in [2.75, 3.05) is 6.61 Å². The van der Waals surface area contributed by atoms with Crippen LogP contribution >= 0.6 is 15.9 Å². The second-order valence-corrected chi connectivity index (χ2v) is 4.96. The maximum Gasteiger partial charge on any atom is 0.0449 e. The van der Waals surface area contributed by atoms with Gasteiger partial charge in [-0.3, -0.25) is 0 Å². The van der Waals surface area contributed by atoms with Crippen LogP contribution in [0.5, 0.6) is 0 Å². The third-order valence-electron chi connectivity index (χ3n) is 2.51. The van der Waals surface area contributed by atoms with Crippen LogP contribution in [0.3, 0.4) is 0 Å². The lowest BCUT2D eigenvalue weighted by atomic mass is 9.92. The lowest BCUT2D eigenvalue weighted by Crippen LogP contribution is -2.14. The minimum Gasteiger partial charge on any atom is -0.396 e. The first kappa shape index (κ1) is 12.7. The predicted molar refractivity (Wildman–Crippen MR) is 66.9 cm³/mol. The van der Waals surface area contributed by atoms with E-state index in [0.717, 1.165) is 10.0 Å². The highest BCUT2D eigenvalue weighted by Crippen LogP contribution is 2.28. The average molecular weight is 272 g/mol. The lowest BCUT2D eigenvalue weighted by molar-refractivity contribution is 0.276. The zero-order chi connectivity index (χ0) is 11.4.